The molecule has 2 aliphatic heterocycles. The van der Waals surface area contributed by atoms with Crippen LogP contribution in [0.4, 0.5) is 11.4 Å². The number of aryl methyl sites for hydroxylation is 1. The second-order valence-electron chi connectivity index (χ2n) is 10.8. The van der Waals surface area contributed by atoms with Gasteiger partial charge in [-0.1, -0.05) is 55.6 Å². The van der Waals surface area contributed by atoms with Gasteiger partial charge in [-0.3, -0.25) is 9.78 Å². The first-order chi connectivity index (χ1) is 19.4. The maximum atomic E-state index is 12.4. The van der Waals surface area contributed by atoms with Gasteiger partial charge in [0.25, 0.3) is 5.56 Å². The number of pyridine rings is 2. The van der Waals surface area contributed by atoms with E-state index >= 15 is 0 Å². The Labute approximate surface area is 244 Å². The molecule has 1 fully saturated rings. The Morgan fingerprint density at radius 3 is 2.77 bits per heavy atom. The lowest BCUT2D eigenvalue weighted by atomic mass is 10.00. The second-order valence-corrected chi connectivity index (χ2v) is 13.0. The molecule has 40 heavy (non-hydrogen) atoms. The van der Waals surface area contributed by atoms with Crippen molar-refractivity contribution in [1.82, 2.24) is 9.97 Å². The molecule has 1 saturated heterocycles. The lowest BCUT2D eigenvalue weighted by molar-refractivity contribution is 0.0378. The fourth-order valence-corrected chi connectivity index (χ4v) is 7.75. The highest BCUT2D eigenvalue weighted by Gasteiger charge is 2.29. The molecule has 0 bridgehead atoms. The molecule has 2 unspecified atom stereocenters. The number of aromatic nitrogens is 2. The van der Waals surface area contributed by atoms with Crippen molar-refractivity contribution in [2.24, 2.45) is 5.92 Å². The van der Waals surface area contributed by atoms with E-state index in [4.69, 9.17) is 9.72 Å². The summed E-state index contributed by atoms with van der Waals surface area (Å²) < 4.78 is 6.26. The first kappa shape index (κ1) is 27.0. The van der Waals surface area contributed by atoms with Crippen molar-refractivity contribution in [2.75, 3.05) is 29.9 Å². The minimum absolute atomic E-state index is 0.0599. The molecule has 206 valence electrons. The summed E-state index contributed by atoms with van der Waals surface area (Å²) in [7, 11) is 0. The van der Waals surface area contributed by atoms with Gasteiger partial charge in [-0.2, -0.15) is 0 Å². The number of rotatable bonds is 7. The average molecular weight is 571 g/mol. The molecule has 4 aromatic rings. The largest absolute Gasteiger partial charge is 0.377 e. The molecule has 2 atom stereocenters. The summed E-state index contributed by atoms with van der Waals surface area (Å²) >= 11 is 3.62. The van der Waals surface area contributed by atoms with E-state index in [9.17, 15) is 4.79 Å². The van der Waals surface area contributed by atoms with Crippen LogP contribution in [0.2, 0.25) is 0 Å². The van der Waals surface area contributed by atoms with Crippen molar-refractivity contribution in [3.63, 3.8) is 0 Å². The second kappa shape index (κ2) is 11.7. The van der Waals surface area contributed by atoms with Crippen LogP contribution in [-0.2, 0) is 4.74 Å². The van der Waals surface area contributed by atoms with Gasteiger partial charge in [0.2, 0.25) is 0 Å². The van der Waals surface area contributed by atoms with E-state index in [-0.39, 0.29) is 17.7 Å². The van der Waals surface area contributed by atoms with Crippen molar-refractivity contribution in [2.45, 2.75) is 58.9 Å². The summed E-state index contributed by atoms with van der Waals surface area (Å²) in [4.78, 5) is 27.1. The van der Waals surface area contributed by atoms with Crippen LogP contribution < -0.4 is 15.8 Å². The zero-order valence-corrected chi connectivity index (χ0v) is 24.6. The molecule has 0 aliphatic carbocycles. The predicted molar refractivity (Wildman–Crippen MR) is 164 cm³/mol. The van der Waals surface area contributed by atoms with Crippen LogP contribution in [0.3, 0.4) is 0 Å². The number of ether oxygens (including phenoxy) is 1. The van der Waals surface area contributed by atoms with Crippen LogP contribution in [0.1, 0.15) is 49.2 Å². The van der Waals surface area contributed by atoms with Gasteiger partial charge in [-0.15, -0.1) is 0 Å². The van der Waals surface area contributed by atoms with Crippen molar-refractivity contribution in [3.05, 3.63) is 100 Å². The highest BCUT2D eigenvalue weighted by Crippen LogP contribution is 2.52. The van der Waals surface area contributed by atoms with Crippen molar-refractivity contribution >= 4 is 34.9 Å². The third kappa shape index (κ3) is 5.80. The Morgan fingerprint density at radius 1 is 1.07 bits per heavy atom. The number of fused-ring (bicyclic) bond motifs is 2. The topological polar surface area (TPSA) is 70.2 Å². The minimum atomic E-state index is -0.0994. The van der Waals surface area contributed by atoms with Crippen LogP contribution in [0.15, 0.2) is 97.4 Å². The Morgan fingerprint density at radius 2 is 1.98 bits per heavy atom. The van der Waals surface area contributed by atoms with E-state index in [1.807, 2.05) is 41.9 Å². The lowest BCUT2D eigenvalue weighted by Gasteiger charge is -2.35. The van der Waals surface area contributed by atoms with Gasteiger partial charge >= 0.3 is 0 Å². The van der Waals surface area contributed by atoms with E-state index in [2.05, 4.69) is 84.5 Å². The van der Waals surface area contributed by atoms with Gasteiger partial charge < -0.3 is 19.9 Å². The number of aromatic amines is 1. The van der Waals surface area contributed by atoms with E-state index < -0.39 is 0 Å². The van der Waals surface area contributed by atoms with Gasteiger partial charge in [0.05, 0.1) is 18.3 Å². The highest BCUT2D eigenvalue weighted by atomic mass is 32.2. The highest BCUT2D eigenvalue weighted by molar-refractivity contribution is 8.05. The SMILES string of the molecule is Cc1ccc(C(CC(C)C)Nc2ccc3c(c2)Sc2cccc(C4CN(c5ccc[nH]c5=O)CCO4)c2S3)nc1. The number of benzene rings is 2. The Kier molecular flexibility index (Phi) is 7.91. The molecule has 2 aliphatic rings. The molecule has 2 aromatic carbocycles. The van der Waals surface area contributed by atoms with Gasteiger partial charge in [0.15, 0.2) is 0 Å². The molecular weight excluding hydrogens is 537 g/mol. The van der Waals surface area contributed by atoms with Crippen LogP contribution in [0.25, 0.3) is 0 Å². The van der Waals surface area contributed by atoms with Gasteiger partial charge in [-0.25, -0.2) is 0 Å². The molecule has 2 aromatic heterocycles. The third-order valence-corrected chi connectivity index (χ3v) is 9.89. The molecule has 0 spiro atoms. The van der Waals surface area contributed by atoms with E-state index in [1.54, 1.807) is 6.20 Å². The van der Waals surface area contributed by atoms with Gasteiger partial charge in [0.1, 0.15) is 11.8 Å². The van der Waals surface area contributed by atoms with E-state index in [0.717, 1.165) is 17.8 Å². The van der Waals surface area contributed by atoms with Crippen molar-refractivity contribution in [1.29, 1.82) is 0 Å². The smallest absolute Gasteiger partial charge is 0.271 e. The Balaban J connectivity index is 1.23. The van der Waals surface area contributed by atoms with E-state index in [1.165, 1.54) is 30.7 Å². The molecule has 2 N–H and O–H groups in total. The number of anilines is 2. The molecule has 8 heteroatoms. The maximum absolute atomic E-state index is 12.4. The van der Waals surface area contributed by atoms with Crippen LogP contribution in [0, 0.1) is 12.8 Å². The molecular formula is C32H34N4O2S2. The van der Waals surface area contributed by atoms with Crippen LogP contribution in [0.5, 0.6) is 0 Å². The number of morpholine rings is 1. The van der Waals surface area contributed by atoms with Crippen LogP contribution in [-0.4, -0.2) is 29.7 Å². The number of hydrogen-bond acceptors (Lipinski definition) is 7. The summed E-state index contributed by atoms with van der Waals surface area (Å²) in [6, 6.07) is 21.3. The maximum Gasteiger partial charge on any atom is 0.271 e. The molecule has 0 saturated carbocycles. The fraction of sp³-hybridized carbons (Fsp3) is 0.312. The summed E-state index contributed by atoms with van der Waals surface area (Å²) in [6.07, 6.45) is 4.53. The third-order valence-electron chi connectivity index (χ3n) is 7.28. The quantitative estimate of drug-likeness (QED) is 0.210. The normalized spacial score (nSPS) is 17.3. The number of nitrogens with zero attached hydrogens (tertiary/aromatic N) is 2. The van der Waals surface area contributed by atoms with Crippen molar-refractivity contribution < 1.29 is 4.74 Å². The van der Waals surface area contributed by atoms with Gasteiger partial charge in [0, 0.05) is 50.8 Å². The number of nitrogens with one attached hydrogen (secondary N) is 2. The summed E-state index contributed by atoms with van der Waals surface area (Å²) in [5.74, 6) is 0.548. The zero-order valence-electron chi connectivity index (χ0n) is 23.0. The van der Waals surface area contributed by atoms with Gasteiger partial charge in [-0.05, 0) is 72.9 Å². The predicted octanol–water partition coefficient (Wildman–Crippen LogP) is 7.47. The standard InChI is InChI=1S/C32H34N4O2S2/c1-20(2)16-25(24-11-9-21(3)18-34-24)35-22-10-12-28-30(17-22)39-29-8-4-6-23(31(29)40-28)27-19-36(14-15-38-27)26-7-5-13-33-32(26)37/h4-13,17-18,20,25,27,35H,14-16,19H2,1-3H3,(H,33,37). The fourth-order valence-electron chi connectivity index (χ4n) is 5.30. The molecule has 6 rings (SSSR count). The van der Waals surface area contributed by atoms with Crippen LogP contribution >= 0.6 is 23.5 Å². The first-order valence-electron chi connectivity index (χ1n) is 13.8. The average Bonchev–Trinajstić information content (AvgIpc) is 2.96. The summed E-state index contributed by atoms with van der Waals surface area (Å²) in [5.41, 5.74) is 5.18. The Bertz CT molecular complexity index is 1550. The monoisotopic (exact) mass is 570 g/mol. The molecule has 0 amide bonds. The molecule has 6 nitrogen and oxygen atoms in total. The zero-order chi connectivity index (χ0) is 27.6. The Hall–Kier alpha value is -3.20. The minimum Gasteiger partial charge on any atom is -0.377 e. The number of hydrogen-bond donors (Lipinski definition) is 2. The number of H-pyrrole nitrogens is 1. The molecule has 0 radical (unpaired) electrons. The lowest BCUT2D eigenvalue weighted by Crippen LogP contribution is -2.41. The summed E-state index contributed by atoms with van der Waals surface area (Å²) in [5, 5.41) is 3.77. The molecule has 4 heterocycles. The van der Waals surface area contributed by atoms with E-state index in [0.29, 0.717) is 31.3 Å². The van der Waals surface area contributed by atoms with Crippen molar-refractivity contribution in [3.8, 4) is 0 Å². The summed E-state index contributed by atoms with van der Waals surface area (Å²) in [6.45, 7) is 8.51. The first-order valence-corrected chi connectivity index (χ1v) is 15.4.